The molecule has 0 aliphatic carbocycles. The van der Waals surface area contributed by atoms with Gasteiger partial charge in [0.15, 0.2) is 0 Å². The Bertz CT molecular complexity index is 703. The molecule has 0 radical (unpaired) electrons. The van der Waals surface area contributed by atoms with Gasteiger partial charge in [-0.25, -0.2) is 8.91 Å². The summed E-state index contributed by atoms with van der Waals surface area (Å²) in [5.41, 5.74) is 3.33. The fraction of sp³-hybridized carbons (Fsp3) is 0.188. The first kappa shape index (κ1) is 12.8. The third kappa shape index (κ3) is 2.56. The molecule has 0 aliphatic heterocycles. The van der Waals surface area contributed by atoms with Crippen molar-refractivity contribution >= 4 is 5.52 Å². The first-order valence-electron chi connectivity index (χ1n) is 6.64. The van der Waals surface area contributed by atoms with Crippen molar-refractivity contribution in [3.05, 3.63) is 71.8 Å². The highest BCUT2D eigenvalue weighted by atomic mass is 19.1. The summed E-state index contributed by atoms with van der Waals surface area (Å²) in [6, 6.07) is 12.8. The van der Waals surface area contributed by atoms with E-state index in [1.165, 1.54) is 12.1 Å². The summed E-state index contributed by atoms with van der Waals surface area (Å²) in [5, 5.41) is 7.75. The Morgan fingerprint density at radius 2 is 2.00 bits per heavy atom. The third-order valence-electron chi connectivity index (χ3n) is 3.47. The van der Waals surface area contributed by atoms with Gasteiger partial charge in [-0.2, -0.15) is 5.10 Å². The Morgan fingerprint density at radius 1 is 1.20 bits per heavy atom. The first-order valence-corrected chi connectivity index (χ1v) is 6.64. The minimum atomic E-state index is -0.205. The number of nitrogens with one attached hydrogen (secondary N) is 1. The number of fused-ring (bicyclic) bond motifs is 1. The van der Waals surface area contributed by atoms with Crippen LogP contribution in [0, 0.1) is 5.82 Å². The van der Waals surface area contributed by atoms with Crippen molar-refractivity contribution < 1.29 is 4.39 Å². The van der Waals surface area contributed by atoms with Crippen molar-refractivity contribution in [3.8, 4) is 0 Å². The molecule has 0 fully saturated rings. The van der Waals surface area contributed by atoms with E-state index in [2.05, 4.69) is 17.3 Å². The lowest BCUT2D eigenvalue weighted by Crippen LogP contribution is -2.17. The van der Waals surface area contributed by atoms with Gasteiger partial charge >= 0.3 is 0 Å². The molecule has 20 heavy (non-hydrogen) atoms. The van der Waals surface area contributed by atoms with Crippen LogP contribution in [0.1, 0.15) is 24.1 Å². The zero-order valence-corrected chi connectivity index (χ0v) is 11.3. The van der Waals surface area contributed by atoms with E-state index in [4.69, 9.17) is 0 Å². The number of aromatic nitrogens is 2. The Kier molecular flexibility index (Phi) is 3.48. The van der Waals surface area contributed by atoms with Gasteiger partial charge in [-0.05, 0) is 36.8 Å². The second-order valence-corrected chi connectivity index (χ2v) is 4.85. The topological polar surface area (TPSA) is 29.3 Å². The molecule has 3 rings (SSSR count). The molecule has 102 valence electrons. The van der Waals surface area contributed by atoms with E-state index >= 15 is 0 Å². The van der Waals surface area contributed by atoms with Gasteiger partial charge in [0.25, 0.3) is 0 Å². The molecule has 1 atom stereocenters. The van der Waals surface area contributed by atoms with Crippen LogP contribution in [-0.2, 0) is 6.54 Å². The SMILES string of the molecule is C[C@@H](NCc1cnn2ccccc12)c1ccc(F)cc1. The third-order valence-corrected chi connectivity index (χ3v) is 3.47. The van der Waals surface area contributed by atoms with Gasteiger partial charge in [0.2, 0.25) is 0 Å². The molecule has 2 aromatic heterocycles. The van der Waals surface area contributed by atoms with Crippen LogP contribution in [-0.4, -0.2) is 9.61 Å². The zero-order valence-electron chi connectivity index (χ0n) is 11.3. The quantitative estimate of drug-likeness (QED) is 0.787. The van der Waals surface area contributed by atoms with E-state index in [9.17, 15) is 4.39 Å². The Balaban J connectivity index is 1.71. The molecule has 0 saturated carbocycles. The van der Waals surface area contributed by atoms with Gasteiger partial charge in [-0.15, -0.1) is 0 Å². The number of benzene rings is 1. The van der Waals surface area contributed by atoms with Crippen LogP contribution in [0.4, 0.5) is 4.39 Å². The summed E-state index contributed by atoms with van der Waals surface area (Å²) in [6.07, 6.45) is 3.81. The van der Waals surface area contributed by atoms with Gasteiger partial charge in [-0.1, -0.05) is 18.2 Å². The Hall–Kier alpha value is -2.20. The maximum atomic E-state index is 12.9. The molecule has 2 heterocycles. The van der Waals surface area contributed by atoms with E-state index in [-0.39, 0.29) is 11.9 Å². The summed E-state index contributed by atoms with van der Waals surface area (Å²) >= 11 is 0. The minimum Gasteiger partial charge on any atom is -0.306 e. The molecule has 1 aromatic carbocycles. The maximum Gasteiger partial charge on any atom is 0.123 e. The normalized spacial score (nSPS) is 12.7. The number of hydrogen-bond acceptors (Lipinski definition) is 2. The van der Waals surface area contributed by atoms with E-state index in [0.29, 0.717) is 0 Å². The van der Waals surface area contributed by atoms with Crippen molar-refractivity contribution in [1.82, 2.24) is 14.9 Å². The number of halogens is 1. The van der Waals surface area contributed by atoms with Crippen molar-refractivity contribution in [2.45, 2.75) is 19.5 Å². The van der Waals surface area contributed by atoms with Gasteiger partial charge in [0.05, 0.1) is 11.7 Å². The van der Waals surface area contributed by atoms with Crippen molar-refractivity contribution in [3.63, 3.8) is 0 Å². The number of hydrogen-bond donors (Lipinski definition) is 1. The lowest BCUT2D eigenvalue weighted by molar-refractivity contribution is 0.572. The van der Waals surface area contributed by atoms with Gasteiger partial charge < -0.3 is 5.32 Å². The summed E-state index contributed by atoms with van der Waals surface area (Å²) in [5.74, 6) is -0.205. The maximum absolute atomic E-state index is 12.9. The molecule has 0 unspecified atom stereocenters. The number of nitrogens with zero attached hydrogens (tertiary/aromatic N) is 2. The van der Waals surface area contributed by atoms with E-state index in [0.717, 1.165) is 23.2 Å². The van der Waals surface area contributed by atoms with Crippen LogP contribution >= 0.6 is 0 Å². The van der Waals surface area contributed by atoms with Crippen LogP contribution in [0.2, 0.25) is 0 Å². The molecule has 0 saturated heterocycles. The highest BCUT2D eigenvalue weighted by Gasteiger charge is 2.07. The first-order chi connectivity index (χ1) is 9.74. The van der Waals surface area contributed by atoms with E-state index in [1.54, 1.807) is 0 Å². The molecule has 3 nitrogen and oxygen atoms in total. The largest absolute Gasteiger partial charge is 0.306 e. The van der Waals surface area contributed by atoms with Crippen molar-refractivity contribution in [2.75, 3.05) is 0 Å². The average Bonchev–Trinajstić information content (AvgIpc) is 2.89. The fourth-order valence-electron chi connectivity index (χ4n) is 2.26. The summed E-state index contributed by atoms with van der Waals surface area (Å²) in [7, 11) is 0. The molecule has 3 aromatic rings. The molecule has 0 amide bonds. The molecule has 4 heteroatoms. The highest BCUT2D eigenvalue weighted by molar-refractivity contribution is 5.53. The molecule has 0 aliphatic rings. The Labute approximate surface area is 117 Å². The molecule has 0 spiro atoms. The summed E-state index contributed by atoms with van der Waals surface area (Å²) in [4.78, 5) is 0. The van der Waals surface area contributed by atoms with Crippen LogP contribution < -0.4 is 5.32 Å². The fourth-order valence-corrected chi connectivity index (χ4v) is 2.26. The van der Waals surface area contributed by atoms with Crippen LogP contribution in [0.15, 0.2) is 54.9 Å². The average molecular weight is 269 g/mol. The standard InChI is InChI=1S/C16H16FN3/c1-12(13-5-7-15(17)8-6-13)18-10-14-11-19-20-9-3-2-4-16(14)20/h2-9,11-12,18H,10H2,1H3/t12-/m1/s1. The predicted octanol–water partition coefficient (Wildman–Crippen LogP) is 3.32. The molecular weight excluding hydrogens is 253 g/mol. The van der Waals surface area contributed by atoms with Crippen LogP contribution in [0.5, 0.6) is 0 Å². The van der Waals surface area contributed by atoms with Crippen LogP contribution in [0.3, 0.4) is 0 Å². The van der Waals surface area contributed by atoms with Gasteiger partial charge in [0, 0.05) is 24.3 Å². The van der Waals surface area contributed by atoms with Gasteiger partial charge in [-0.3, -0.25) is 0 Å². The van der Waals surface area contributed by atoms with Crippen molar-refractivity contribution in [1.29, 1.82) is 0 Å². The Morgan fingerprint density at radius 3 is 2.80 bits per heavy atom. The highest BCUT2D eigenvalue weighted by Crippen LogP contribution is 2.15. The molecule has 0 bridgehead atoms. The lowest BCUT2D eigenvalue weighted by Gasteiger charge is -2.13. The number of pyridine rings is 1. The van der Waals surface area contributed by atoms with E-state index in [1.807, 2.05) is 47.2 Å². The van der Waals surface area contributed by atoms with Crippen molar-refractivity contribution in [2.24, 2.45) is 0 Å². The molecular formula is C16H16FN3. The zero-order chi connectivity index (χ0) is 13.9. The monoisotopic (exact) mass is 269 g/mol. The smallest absolute Gasteiger partial charge is 0.123 e. The summed E-state index contributed by atoms with van der Waals surface area (Å²) < 4.78 is 14.8. The predicted molar refractivity (Wildman–Crippen MR) is 76.8 cm³/mol. The van der Waals surface area contributed by atoms with E-state index < -0.39 is 0 Å². The second kappa shape index (κ2) is 5.43. The summed E-state index contributed by atoms with van der Waals surface area (Å²) in [6.45, 7) is 2.80. The minimum absolute atomic E-state index is 0.161. The lowest BCUT2D eigenvalue weighted by atomic mass is 10.1. The van der Waals surface area contributed by atoms with Crippen LogP contribution in [0.25, 0.3) is 5.52 Å². The van der Waals surface area contributed by atoms with Gasteiger partial charge in [0.1, 0.15) is 5.82 Å². The number of rotatable bonds is 4. The molecule has 1 N–H and O–H groups in total. The second-order valence-electron chi connectivity index (χ2n) is 4.85.